The quantitative estimate of drug-likeness (QED) is 0.341. The Balaban J connectivity index is 1.70. The first-order chi connectivity index (χ1) is 19.5. The molecule has 14 heteroatoms. The van der Waals surface area contributed by atoms with Crippen molar-refractivity contribution in [2.45, 2.75) is 41.1 Å². The van der Waals surface area contributed by atoms with Crippen LogP contribution in [0.1, 0.15) is 18.1 Å². The van der Waals surface area contributed by atoms with Gasteiger partial charge in [0.1, 0.15) is 0 Å². The minimum atomic E-state index is -4.90. The fraction of sp³-hybridized carbons (Fsp3) is 0.357. The number of halogens is 3. The van der Waals surface area contributed by atoms with Gasteiger partial charge in [0.15, 0.2) is 5.60 Å². The summed E-state index contributed by atoms with van der Waals surface area (Å²) >= 11 is 4.31. The van der Waals surface area contributed by atoms with Crippen LogP contribution in [-0.2, 0) is 32.2 Å². The van der Waals surface area contributed by atoms with E-state index in [4.69, 9.17) is 0 Å². The molecule has 0 bridgehead atoms. The number of hydrogen-bond donors (Lipinski definition) is 2. The molecule has 0 amide bonds. The van der Waals surface area contributed by atoms with Crippen LogP contribution in [0.5, 0.6) is 0 Å². The number of benzene rings is 3. The number of aliphatic hydroxyl groups is 1. The lowest BCUT2D eigenvalue weighted by Crippen LogP contribution is -2.58. The van der Waals surface area contributed by atoms with Crippen molar-refractivity contribution >= 4 is 38.4 Å². The van der Waals surface area contributed by atoms with Crippen molar-refractivity contribution < 1.29 is 35.1 Å². The van der Waals surface area contributed by atoms with Gasteiger partial charge in [0.05, 0.1) is 17.2 Å². The summed E-state index contributed by atoms with van der Waals surface area (Å²) in [5.74, 6) is 0. The van der Waals surface area contributed by atoms with Crippen LogP contribution in [0, 0.1) is 0 Å². The molecule has 0 spiro atoms. The summed E-state index contributed by atoms with van der Waals surface area (Å²) in [5.41, 5.74) is -2.23. The van der Waals surface area contributed by atoms with Crippen LogP contribution in [0.4, 0.5) is 18.9 Å². The van der Waals surface area contributed by atoms with Gasteiger partial charge >= 0.3 is 6.18 Å². The average molecular weight is 644 g/mol. The molecule has 3 aromatic rings. The second-order valence-electron chi connectivity index (χ2n) is 10.3. The standard InChI is InChI=1S/C28H32F3N3O5S3/c1-27(35,28(29,30)31)22-12-14-23(15-13-22)34-17-16-32(42(38,39)26-11-7-6-10-25(26)40)19-24(34)20-33(41(2,36)37)18-21-8-4-3-5-9-21/h3-15,24,35,40H,16-20H2,1-2H3/t24-,27+/m1/s1. The number of piperazine rings is 1. The number of anilines is 1. The molecule has 1 saturated heterocycles. The summed E-state index contributed by atoms with van der Waals surface area (Å²) in [4.78, 5) is 2.07. The topological polar surface area (TPSA) is 98.2 Å². The van der Waals surface area contributed by atoms with E-state index in [9.17, 15) is 35.1 Å². The molecule has 8 nitrogen and oxygen atoms in total. The van der Waals surface area contributed by atoms with Crippen LogP contribution >= 0.6 is 12.6 Å². The number of hydrogen-bond acceptors (Lipinski definition) is 7. The molecule has 4 rings (SSSR count). The molecular formula is C28H32F3N3O5S3. The van der Waals surface area contributed by atoms with Gasteiger partial charge in [0.25, 0.3) is 0 Å². The Morgan fingerprint density at radius 2 is 1.52 bits per heavy atom. The van der Waals surface area contributed by atoms with Crippen molar-refractivity contribution in [3.63, 3.8) is 0 Å². The Morgan fingerprint density at radius 1 is 0.929 bits per heavy atom. The Hall–Kier alpha value is -2.62. The van der Waals surface area contributed by atoms with Crippen molar-refractivity contribution in [1.29, 1.82) is 0 Å². The zero-order valence-electron chi connectivity index (χ0n) is 22.9. The lowest BCUT2D eigenvalue weighted by atomic mass is 9.95. The van der Waals surface area contributed by atoms with E-state index in [0.717, 1.165) is 11.8 Å². The molecule has 1 aliphatic heterocycles. The minimum Gasteiger partial charge on any atom is -0.376 e. The number of rotatable bonds is 9. The number of alkyl halides is 3. The van der Waals surface area contributed by atoms with E-state index in [1.54, 1.807) is 53.4 Å². The van der Waals surface area contributed by atoms with Crippen LogP contribution < -0.4 is 4.90 Å². The molecule has 1 N–H and O–H groups in total. The van der Waals surface area contributed by atoms with Gasteiger partial charge in [-0.15, -0.1) is 12.6 Å². The van der Waals surface area contributed by atoms with Crippen LogP contribution in [0.3, 0.4) is 0 Å². The number of sulfonamides is 2. The molecule has 3 aromatic carbocycles. The summed E-state index contributed by atoms with van der Waals surface area (Å²) in [6.45, 7) is 0.708. The van der Waals surface area contributed by atoms with Gasteiger partial charge in [-0.2, -0.15) is 21.8 Å². The Kier molecular flexibility index (Phi) is 9.36. The van der Waals surface area contributed by atoms with Gasteiger partial charge in [-0.1, -0.05) is 54.6 Å². The third kappa shape index (κ3) is 6.95. The third-order valence-corrected chi connectivity index (χ3v) is 11.0. The zero-order chi connectivity index (χ0) is 30.9. The highest BCUT2D eigenvalue weighted by atomic mass is 32.2. The molecule has 42 heavy (non-hydrogen) atoms. The predicted molar refractivity (Wildman–Crippen MR) is 157 cm³/mol. The van der Waals surface area contributed by atoms with Crippen LogP contribution in [-0.4, -0.2) is 75.2 Å². The maximum absolute atomic E-state index is 13.6. The maximum Gasteiger partial charge on any atom is 0.421 e. The lowest BCUT2D eigenvalue weighted by Gasteiger charge is -2.43. The molecule has 0 unspecified atom stereocenters. The van der Waals surface area contributed by atoms with E-state index >= 15 is 0 Å². The number of thiol groups is 1. The maximum atomic E-state index is 13.6. The molecule has 228 valence electrons. The molecule has 1 aliphatic rings. The summed E-state index contributed by atoms with van der Waals surface area (Å²) in [7, 11) is -7.75. The first-order valence-electron chi connectivity index (χ1n) is 13.0. The Bertz CT molecular complexity index is 1600. The molecule has 0 radical (unpaired) electrons. The molecular weight excluding hydrogens is 612 g/mol. The van der Waals surface area contributed by atoms with E-state index in [1.165, 1.54) is 38.9 Å². The van der Waals surface area contributed by atoms with E-state index < -0.39 is 37.9 Å². The largest absolute Gasteiger partial charge is 0.421 e. The smallest absolute Gasteiger partial charge is 0.376 e. The van der Waals surface area contributed by atoms with Crippen molar-refractivity contribution in [3.8, 4) is 0 Å². The van der Waals surface area contributed by atoms with E-state index in [1.807, 2.05) is 0 Å². The number of nitrogens with zero attached hydrogens (tertiary/aromatic N) is 3. The van der Waals surface area contributed by atoms with Crippen LogP contribution in [0.15, 0.2) is 88.7 Å². The van der Waals surface area contributed by atoms with Crippen molar-refractivity contribution in [3.05, 3.63) is 90.0 Å². The predicted octanol–water partition coefficient (Wildman–Crippen LogP) is 4.09. The van der Waals surface area contributed by atoms with Gasteiger partial charge in [-0.3, -0.25) is 0 Å². The second kappa shape index (κ2) is 12.2. The van der Waals surface area contributed by atoms with Gasteiger partial charge in [-0.25, -0.2) is 16.8 Å². The van der Waals surface area contributed by atoms with Crippen molar-refractivity contribution in [1.82, 2.24) is 8.61 Å². The first kappa shape index (κ1) is 32.3. The molecule has 2 atom stereocenters. The molecule has 0 saturated carbocycles. The van der Waals surface area contributed by atoms with E-state index in [0.29, 0.717) is 12.6 Å². The molecule has 0 aromatic heterocycles. The highest BCUT2D eigenvalue weighted by Gasteiger charge is 2.51. The fourth-order valence-corrected chi connectivity index (χ4v) is 7.72. The summed E-state index contributed by atoms with van der Waals surface area (Å²) < 4.78 is 95.7. The van der Waals surface area contributed by atoms with Gasteiger partial charge in [0, 0.05) is 43.3 Å². The van der Waals surface area contributed by atoms with Gasteiger partial charge in [0.2, 0.25) is 20.0 Å². The average Bonchev–Trinajstić information content (AvgIpc) is 2.92. The lowest BCUT2D eigenvalue weighted by molar-refractivity contribution is -0.258. The fourth-order valence-electron chi connectivity index (χ4n) is 4.84. The second-order valence-corrected chi connectivity index (χ2v) is 14.7. The van der Waals surface area contributed by atoms with E-state index in [-0.39, 0.29) is 48.1 Å². The Labute approximate surface area is 249 Å². The highest BCUT2D eigenvalue weighted by molar-refractivity contribution is 7.90. The third-order valence-electron chi connectivity index (χ3n) is 7.33. The van der Waals surface area contributed by atoms with Gasteiger partial charge < -0.3 is 10.0 Å². The monoisotopic (exact) mass is 643 g/mol. The molecule has 0 aliphatic carbocycles. The first-order valence-corrected chi connectivity index (χ1v) is 16.7. The molecule has 1 fully saturated rings. The van der Waals surface area contributed by atoms with Crippen molar-refractivity contribution in [2.75, 3.05) is 37.3 Å². The van der Waals surface area contributed by atoms with Crippen molar-refractivity contribution in [2.24, 2.45) is 0 Å². The highest BCUT2D eigenvalue weighted by Crippen LogP contribution is 2.39. The summed E-state index contributed by atoms with van der Waals surface area (Å²) in [5, 5.41) is 10.1. The Morgan fingerprint density at radius 3 is 2.10 bits per heavy atom. The van der Waals surface area contributed by atoms with E-state index in [2.05, 4.69) is 12.6 Å². The zero-order valence-corrected chi connectivity index (χ0v) is 25.5. The van der Waals surface area contributed by atoms with Gasteiger partial charge in [-0.05, 0) is 42.3 Å². The normalized spacial score (nSPS) is 18.7. The summed E-state index contributed by atoms with van der Waals surface area (Å²) in [6, 6.07) is 19.6. The SMILES string of the molecule is C[C@](O)(c1ccc(N2CCN(S(=O)(=O)c3ccccc3S)C[C@@H]2CN(Cc2ccccc2)S(C)(=O)=O)cc1)C(F)(F)F. The van der Waals surface area contributed by atoms with Crippen LogP contribution in [0.2, 0.25) is 0 Å². The van der Waals surface area contributed by atoms with Crippen LogP contribution in [0.25, 0.3) is 0 Å². The minimum absolute atomic E-state index is 0.0172. The molecule has 1 heterocycles. The summed E-state index contributed by atoms with van der Waals surface area (Å²) in [6.07, 6.45) is -3.82.